The zero-order valence-electron chi connectivity index (χ0n) is 24.2. The zero-order valence-corrected chi connectivity index (χ0v) is 25.0. The highest BCUT2D eigenvalue weighted by Crippen LogP contribution is 2.22. The minimum absolute atomic E-state index is 0.639. The van der Waals surface area contributed by atoms with Gasteiger partial charge in [-0.05, 0) is 68.1 Å². The van der Waals surface area contributed by atoms with E-state index in [-0.39, 0.29) is 0 Å². The van der Waals surface area contributed by atoms with Gasteiger partial charge in [0.15, 0.2) is 0 Å². The van der Waals surface area contributed by atoms with Crippen LogP contribution >= 0.6 is 11.8 Å². The lowest BCUT2D eigenvalue weighted by Crippen LogP contribution is -1.92. The van der Waals surface area contributed by atoms with Crippen LogP contribution in [0.3, 0.4) is 0 Å². The van der Waals surface area contributed by atoms with Crippen molar-refractivity contribution in [2.24, 2.45) is 0 Å². The summed E-state index contributed by atoms with van der Waals surface area (Å²) in [5.74, 6) is 1.76. The number of anilines is 1. The van der Waals surface area contributed by atoms with Crippen molar-refractivity contribution in [3.8, 4) is 11.5 Å². The summed E-state index contributed by atoms with van der Waals surface area (Å²) in [6, 6.07) is 20.0. The molecule has 0 amide bonds. The lowest BCUT2D eigenvalue weighted by Gasteiger charge is -2.05. The number of pyridine rings is 1. The third-order valence-corrected chi connectivity index (χ3v) is 4.77. The number of aldehydes is 1. The Hall–Kier alpha value is -2.99. The number of nitrogens with one attached hydrogen (secondary N) is 1. The maximum absolute atomic E-state index is 9.17. The molecule has 1 aromatic heterocycles. The molecule has 1 heterocycles. The Morgan fingerprint density at radius 3 is 1.83 bits per heavy atom. The molecule has 0 aliphatic rings. The first-order valence-electron chi connectivity index (χ1n) is 12.3. The van der Waals surface area contributed by atoms with E-state index in [1.165, 1.54) is 4.90 Å². The van der Waals surface area contributed by atoms with Gasteiger partial charge in [0.1, 0.15) is 17.8 Å². The van der Waals surface area contributed by atoms with Gasteiger partial charge in [-0.25, -0.2) is 0 Å². The maximum atomic E-state index is 9.17. The number of benzene rings is 2. The molecule has 6 heteroatoms. The fourth-order valence-electron chi connectivity index (χ4n) is 2.28. The van der Waals surface area contributed by atoms with E-state index >= 15 is 0 Å². The minimum atomic E-state index is 0.639. The first kappa shape index (κ1) is 37.6. The number of thioether (sulfide) groups is 1. The molecule has 36 heavy (non-hydrogen) atoms. The summed E-state index contributed by atoms with van der Waals surface area (Å²) in [6.07, 6.45) is 5.38. The van der Waals surface area contributed by atoms with E-state index in [2.05, 4.69) is 28.7 Å². The summed E-state index contributed by atoms with van der Waals surface area (Å²) in [5, 5.41) is 3.03. The predicted molar refractivity (Wildman–Crippen MR) is 160 cm³/mol. The number of carbonyl (C=O) groups excluding carboxylic acids is 1. The van der Waals surface area contributed by atoms with Crippen LogP contribution in [-0.2, 0) is 4.79 Å². The molecule has 0 bridgehead atoms. The SMILES string of the molecule is CC.CC.CCC=O.CNc1cccnc1C.COc1ccc(OC)c(C)c1.CSc1ccccc1. The number of aromatic nitrogens is 1. The van der Waals surface area contributed by atoms with Gasteiger partial charge in [0.2, 0.25) is 0 Å². The molecular formula is C30H48N2O3S. The Kier molecular flexibility index (Phi) is 29.5. The van der Waals surface area contributed by atoms with Crippen molar-refractivity contribution in [1.29, 1.82) is 0 Å². The van der Waals surface area contributed by atoms with E-state index in [4.69, 9.17) is 9.47 Å². The standard InChI is InChI=1S/C9H12O2.C7H10N2.C7H8S.C3H6O.2C2H6/c1-7-6-8(10-2)4-5-9(7)11-3;1-6-7(8-2)4-3-5-9-6;1-8-7-5-3-2-4-6-7;1-2-3-4;2*1-2/h4-6H,1-3H3;3-5,8H,1-2H3;2-6H,1H3;3H,2H2,1H3;2*1-2H3. The van der Waals surface area contributed by atoms with Crippen LogP contribution in [0.15, 0.2) is 71.8 Å². The van der Waals surface area contributed by atoms with Gasteiger partial charge in [-0.3, -0.25) is 4.98 Å². The number of rotatable bonds is 5. The maximum Gasteiger partial charge on any atom is 0.122 e. The Morgan fingerprint density at radius 2 is 1.50 bits per heavy atom. The summed E-state index contributed by atoms with van der Waals surface area (Å²) in [7, 11) is 5.21. The lowest BCUT2D eigenvalue weighted by atomic mass is 10.2. The number of hydrogen-bond acceptors (Lipinski definition) is 6. The number of methoxy groups -OCH3 is 2. The van der Waals surface area contributed by atoms with E-state index in [0.717, 1.165) is 34.7 Å². The molecule has 0 saturated carbocycles. The van der Waals surface area contributed by atoms with Crippen LogP contribution in [-0.4, -0.2) is 38.8 Å². The molecule has 0 saturated heterocycles. The van der Waals surface area contributed by atoms with Crippen molar-refractivity contribution in [2.75, 3.05) is 32.8 Å². The second-order valence-electron chi connectivity index (χ2n) is 6.31. The normalized spacial score (nSPS) is 8.19. The Labute approximate surface area is 225 Å². The van der Waals surface area contributed by atoms with Crippen molar-refractivity contribution in [3.05, 3.63) is 78.1 Å². The summed E-state index contributed by atoms with van der Waals surface area (Å²) < 4.78 is 10.1. The molecule has 0 atom stereocenters. The van der Waals surface area contributed by atoms with E-state index in [9.17, 15) is 4.79 Å². The van der Waals surface area contributed by atoms with E-state index < -0.39 is 0 Å². The average Bonchev–Trinajstić information content (AvgIpc) is 2.96. The number of aryl methyl sites for hydroxylation is 2. The molecule has 0 fully saturated rings. The van der Waals surface area contributed by atoms with Crippen LogP contribution in [0.25, 0.3) is 0 Å². The van der Waals surface area contributed by atoms with Crippen molar-refractivity contribution >= 4 is 23.7 Å². The molecule has 202 valence electrons. The molecule has 5 nitrogen and oxygen atoms in total. The molecule has 0 aliphatic carbocycles. The van der Waals surface area contributed by atoms with Gasteiger partial charge in [0.25, 0.3) is 0 Å². The first-order chi connectivity index (χ1) is 17.5. The molecule has 3 aromatic rings. The number of ether oxygens (including phenoxy) is 2. The first-order valence-corrected chi connectivity index (χ1v) is 13.5. The van der Waals surface area contributed by atoms with Gasteiger partial charge in [0.05, 0.1) is 25.6 Å². The quantitative estimate of drug-likeness (QED) is 0.271. The largest absolute Gasteiger partial charge is 0.497 e. The summed E-state index contributed by atoms with van der Waals surface area (Å²) in [4.78, 5) is 14.6. The van der Waals surface area contributed by atoms with Gasteiger partial charge in [-0.15, -0.1) is 11.8 Å². The molecule has 1 N–H and O–H groups in total. The molecule has 0 unspecified atom stereocenters. The molecule has 0 aliphatic heterocycles. The smallest absolute Gasteiger partial charge is 0.122 e. The molecule has 0 spiro atoms. The van der Waals surface area contributed by atoms with Crippen molar-refractivity contribution in [3.63, 3.8) is 0 Å². The highest BCUT2D eigenvalue weighted by Gasteiger charge is 1.98. The van der Waals surface area contributed by atoms with E-state index in [1.807, 2.05) is 104 Å². The van der Waals surface area contributed by atoms with Gasteiger partial charge < -0.3 is 19.6 Å². The number of carbonyl (C=O) groups is 1. The predicted octanol–water partition coefficient (Wildman–Crippen LogP) is 8.50. The highest BCUT2D eigenvalue weighted by atomic mass is 32.2. The van der Waals surface area contributed by atoms with E-state index in [0.29, 0.717) is 6.42 Å². The van der Waals surface area contributed by atoms with Gasteiger partial charge in [-0.1, -0.05) is 52.8 Å². The molecular weight excluding hydrogens is 468 g/mol. The van der Waals surface area contributed by atoms with Crippen LogP contribution in [0.4, 0.5) is 5.69 Å². The van der Waals surface area contributed by atoms with Gasteiger partial charge in [0, 0.05) is 24.6 Å². The monoisotopic (exact) mass is 516 g/mol. The molecule has 3 rings (SSSR count). The van der Waals surface area contributed by atoms with Crippen LogP contribution in [0, 0.1) is 13.8 Å². The van der Waals surface area contributed by atoms with Crippen LogP contribution in [0.1, 0.15) is 52.3 Å². The Balaban J connectivity index is -0.000000400. The van der Waals surface area contributed by atoms with E-state index in [1.54, 1.807) is 32.2 Å². The highest BCUT2D eigenvalue weighted by molar-refractivity contribution is 7.98. The number of hydrogen-bond donors (Lipinski definition) is 1. The van der Waals surface area contributed by atoms with Crippen molar-refractivity contribution in [2.45, 2.75) is 59.8 Å². The minimum Gasteiger partial charge on any atom is -0.497 e. The lowest BCUT2D eigenvalue weighted by molar-refractivity contribution is -0.107. The van der Waals surface area contributed by atoms with Gasteiger partial charge in [-0.2, -0.15) is 0 Å². The molecule has 2 aromatic carbocycles. The number of nitrogens with zero attached hydrogens (tertiary/aromatic N) is 1. The fraction of sp³-hybridized carbons (Fsp3) is 0.400. The summed E-state index contributed by atoms with van der Waals surface area (Å²) in [6.45, 7) is 13.8. The fourth-order valence-corrected chi connectivity index (χ4v) is 2.71. The van der Waals surface area contributed by atoms with Crippen molar-refractivity contribution in [1.82, 2.24) is 4.98 Å². The molecule has 0 radical (unpaired) electrons. The van der Waals surface area contributed by atoms with Gasteiger partial charge >= 0.3 is 0 Å². The van der Waals surface area contributed by atoms with Crippen LogP contribution in [0.5, 0.6) is 11.5 Å². The Morgan fingerprint density at radius 1 is 0.917 bits per heavy atom. The average molecular weight is 517 g/mol. The van der Waals surface area contributed by atoms with Crippen LogP contribution < -0.4 is 14.8 Å². The summed E-state index contributed by atoms with van der Waals surface area (Å²) >= 11 is 1.77. The third-order valence-electron chi connectivity index (χ3n) is 4.02. The third kappa shape index (κ3) is 19.3. The zero-order chi connectivity index (χ0) is 28.2. The van der Waals surface area contributed by atoms with Crippen molar-refractivity contribution < 1.29 is 14.3 Å². The topological polar surface area (TPSA) is 60.5 Å². The van der Waals surface area contributed by atoms with Crippen LogP contribution in [0.2, 0.25) is 0 Å². The summed E-state index contributed by atoms with van der Waals surface area (Å²) in [5.41, 5.74) is 3.23. The Bertz CT molecular complexity index is 875. The second kappa shape index (κ2) is 28.2. The second-order valence-corrected chi connectivity index (χ2v) is 7.19.